The molecule has 4 aromatic rings. The number of methoxy groups -OCH3 is 1. The number of carbonyl (C=O) groups is 1. The van der Waals surface area contributed by atoms with Gasteiger partial charge in [-0.05, 0) is 55.8 Å². The maximum absolute atomic E-state index is 11.6. The Labute approximate surface area is 188 Å². The quantitative estimate of drug-likeness (QED) is 0.460. The predicted molar refractivity (Wildman–Crippen MR) is 119 cm³/mol. The van der Waals surface area contributed by atoms with Crippen LogP contribution < -0.4 is 10.5 Å². The van der Waals surface area contributed by atoms with Gasteiger partial charge in [-0.15, -0.1) is 5.10 Å². The SMILES string of the molecule is COc1cccc([C@H](c2sc3nc(-c4ccco4)nn3c2O)N2CCC(C(N)=O)CC2)c1. The van der Waals surface area contributed by atoms with E-state index in [9.17, 15) is 9.90 Å². The van der Waals surface area contributed by atoms with Crippen LogP contribution in [0.3, 0.4) is 0 Å². The van der Waals surface area contributed by atoms with Crippen LogP contribution >= 0.6 is 11.3 Å². The summed E-state index contributed by atoms with van der Waals surface area (Å²) < 4.78 is 12.3. The Morgan fingerprint density at radius 2 is 2.12 bits per heavy atom. The van der Waals surface area contributed by atoms with Crippen LogP contribution in [0.5, 0.6) is 11.6 Å². The number of aromatic nitrogens is 3. The van der Waals surface area contributed by atoms with Crippen LogP contribution in [-0.4, -0.2) is 50.7 Å². The first-order chi connectivity index (χ1) is 15.5. The number of furan rings is 1. The molecule has 1 aliphatic heterocycles. The van der Waals surface area contributed by atoms with Crippen LogP contribution in [0.2, 0.25) is 0 Å². The molecule has 0 radical (unpaired) electrons. The topological polar surface area (TPSA) is 119 Å². The minimum Gasteiger partial charge on any atom is -0.497 e. The number of likely N-dealkylation sites (tertiary alicyclic amines) is 1. The predicted octanol–water partition coefficient (Wildman–Crippen LogP) is 3.05. The fraction of sp³-hybridized carbons (Fsp3) is 0.318. The summed E-state index contributed by atoms with van der Waals surface area (Å²) in [5, 5.41) is 15.6. The molecule has 1 aromatic carbocycles. The monoisotopic (exact) mass is 453 g/mol. The van der Waals surface area contributed by atoms with Gasteiger partial charge in [0, 0.05) is 5.92 Å². The van der Waals surface area contributed by atoms with Gasteiger partial charge in [0.1, 0.15) is 5.75 Å². The zero-order valence-corrected chi connectivity index (χ0v) is 18.3. The number of rotatable bonds is 6. The summed E-state index contributed by atoms with van der Waals surface area (Å²) in [6.45, 7) is 1.36. The second kappa shape index (κ2) is 8.29. The lowest BCUT2D eigenvalue weighted by molar-refractivity contribution is -0.123. The number of benzene rings is 1. The van der Waals surface area contributed by atoms with Gasteiger partial charge in [-0.3, -0.25) is 9.69 Å². The summed E-state index contributed by atoms with van der Waals surface area (Å²) in [7, 11) is 1.63. The van der Waals surface area contributed by atoms with Crippen molar-refractivity contribution < 1.29 is 19.1 Å². The maximum Gasteiger partial charge on any atom is 0.230 e. The number of carbonyl (C=O) groups excluding carboxylic acids is 1. The molecule has 0 bridgehead atoms. The standard InChI is InChI=1S/C22H23N5O4S/c1-30-15-5-2-4-14(12-15)17(26-9-7-13(8-10-26)19(23)28)18-21(29)27-22(32-18)24-20(25-27)16-6-3-11-31-16/h2-6,11-13,17,29H,7-10H2,1H3,(H2,23,28)/t17-/m1/s1. The highest BCUT2D eigenvalue weighted by atomic mass is 32.1. The molecule has 1 amide bonds. The zero-order valence-electron chi connectivity index (χ0n) is 17.5. The van der Waals surface area contributed by atoms with E-state index in [-0.39, 0.29) is 23.7 Å². The minimum atomic E-state index is -0.255. The highest BCUT2D eigenvalue weighted by molar-refractivity contribution is 7.17. The molecule has 0 spiro atoms. The van der Waals surface area contributed by atoms with Gasteiger partial charge < -0.3 is 20.0 Å². The van der Waals surface area contributed by atoms with Crippen molar-refractivity contribution in [1.29, 1.82) is 0 Å². The van der Waals surface area contributed by atoms with Gasteiger partial charge in [0.05, 0.1) is 24.3 Å². The van der Waals surface area contributed by atoms with Crippen LogP contribution in [0.4, 0.5) is 0 Å². The molecular formula is C22H23N5O4S. The van der Waals surface area contributed by atoms with Gasteiger partial charge in [-0.1, -0.05) is 23.5 Å². The van der Waals surface area contributed by atoms with Gasteiger partial charge in [0.25, 0.3) is 0 Å². The number of thiazole rings is 1. The van der Waals surface area contributed by atoms with E-state index in [1.165, 1.54) is 15.9 Å². The van der Waals surface area contributed by atoms with Crippen molar-refractivity contribution >= 4 is 22.2 Å². The summed E-state index contributed by atoms with van der Waals surface area (Å²) in [6, 6.07) is 11.1. The first kappa shape index (κ1) is 20.5. The number of aromatic hydroxyl groups is 1. The second-order valence-electron chi connectivity index (χ2n) is 7.79. The Bertz CT molecular complexity index is 1240. The van der Waals surface area contributed by atoms with E-state index in [4.69, 9.17) is 14.9 Å². The summed E-state index contributed by atoms with van der Waals surface area (Å²) in [5.41, 5.74) is 6.50. The Kier molecular flexibility index (Phi) is 5.32. The molecule has 1 saturated heterocycles. The average molecular weight is 454 g/mol. The number of piperidine rings is 1. The molecule has 0 saturated carbocycles. The first-order valence-corrected chi connectivity index (χ1v) is 11.2. The van der Waals surface area contributed by atoms with Crippen LogP contribution in [-0.2, 0) is 4.79 Å². The molecule has 32 heavy (non-hydrogen) atoms. The number of primary amides is 1. The lowest BCUT2D eigenvalue weighted by atomic mass is 9.93. The van der Waals surface area contributed by atoms with Crippen molar-refractivity contribution in [3.63, 3.8) is 0 Å². The van der Waals surface area contributed by atoms with E-state index in [2.05, 4.69) is 15.0 Å². The zero-order chi connectivity index (χ0) is 22.2. The van der Waals surface area contributed by atoms with Gasteiger partial charge in [-0.2, -0.15) is 9.50 Å². The minimum absolute atomic E-state index is 0.0418. The number of hydrogen-bond donors (Lipinski definition) is 2. The van der Waals surface area contributed by atoms with Crippen molar-refractivity contribution in [2.45, 2.75) is 18.9 Å². The smallest absolute Gasteiger partial charge is 0.230 e. The Hall–Kier alpha value is -3.37. The number of nitrogens with zero attached hydrogens (tertiary/aromatic N) is 4. The molecular weight excluding hydrogens is 430 g/mol. The summed E-state index contributed by atoms with van der Waals surface area (Å²) in [5.74, 6) is 1.36. The highest BCUT2D eigenvalue weighted by Crippen LogP contribution is 2.42. The van der Waals surface area contributed by atoms with Crippen molar-refractivity contribution in [2.75, 3.05) is 20.2 Å². The van der Waals surface area contributed by atoms with Crippen LogP contribution in [0.15, 0.2) is 47.1 Å². The van der Waals surface area contributed by atoms with Crippen molar-refractivity contribution in [2.24, 2.45) is 11.7 Å². The third kappa shape index (κ3) is 3.61. The molecule has 0 aliphatic carbocycles. The van der Waals surface area contributed by atoms with E-state index in [1.54, 1.807) is 25.5 Å². The molecule has 0 unspecified atom stereocenters. The molecule has 10 heteroatoms. The van der Waals surface area contributed by atoms with E-state index in [0.717, 1.165) is 16.2 Å². The Morgan fingerprint density at radius 1 is 1.31 bits per heavy atom. The lowest BCUT2D eigenvalue weighted by Crippen LogP contribution is -2.40. The third-order valence-electron chi connectivity index (χ3n) is 5.90. The molecule has 4 heterocycles. The molecule has 9 nitrogen and oxygen atoms in total. The summed E-state index contributed by atoms with van der Waals surface area (Å²) >= 11 is 1.38. The molecule has 1 fully saturated rings. The summed E-state index contributed by atoms with van der Waals surface area (Å²) in [6.07, 6.45) is 2.92. The van der Waals surface area contributed by atoms with Gasteiger partial charge in [0.15, 0.2) is 5.76 Å². The largest absolute Gasteiger partial charge is 0.497 e. The van der Waals surface area contributed by atoms with Gasteiger partial charge in [0.2, 0.25) is 22.6 Å². The van der Waals surface area contributed by atoms with Gasteiger partial charge >= 0.3 is 0 Å². The number of nitrogens with two attached hydrogens (primary N) is 1. The van der Waals surface area contributed by atoms with Crippen molar-refractivity contribution in [3.05, 3.63) is 53.1 Å². The summed E-state index contributed by atoms with van der Waals surface area (Å²) in [4.78, 5) is 19.7. The number of amides is 1. The Morgan fingerprint density at radius 3 is 2.78 bits per heavy atom. The van der Waals surface area contributed by atoms with E-state index >= 15 is 0 Å². The molecule has 3 N–H and O–H groups in total. The van der Waals surface area contributed by atoms with E-state index in [1.807, 2.05) is 24.3 Å². The normalized spacial score (nSPS) is 16.4. The molecule has 1 aliphatic rings. The number of fused-ring (bicyclic) bond motifs is 1. The molecule has 166 valence electrons. The van der Waals surface area contributed by atoms with Gasteiger partial charge in [-0.25, -0.2) is 0 Å². The van der Waals surface area contributed by atoms with Crippen LogP contribution in [0, 0.1) is 5.92 Å². The van der Waals surface area contributed by atoms with E-state index < -0.39 is 0 Å². The highest BCUT2D eigenvalue weighted by Gasteiger charge is 2.33. The van der Waals surface area contributed by atoms with Crippen LogP contribution in [0.25, 0.3) is 16.5 Å². The fourth-order valence-electron chi connectivity index (χ4n) is 4.22. The lowest BCUT2D eigenvalue weighted by Gasteiger charge is -2.36. The second-order valence-corrected chi connectivity index (χ2v) is 8.80. The molecule has 5 rings (SSSR count). The van der Waals surface area contributed by atoms with Crippen molar-refractivity contribution in [1.82, 2.24) is 19.5 Å². The molecule has 3 aromatic heterocycles. The average Bonchev–Trinajstić information content (AvgIpc) is 3.53. The Balaban J connectivity index is 1.55. The number of ether oxygens (including phenoxy) is 1. The van der Waals surface area contributed by atoms with E-state index in [0.29, 0.717) is 42.5 Å². The molecule has 1 atom stereocenters. The third-order valence-corrected chi connectivity index (χ3v) is 6.97. The number of hydrogen-bond acceptors (Lipinski definition) is 8. The van der Waals surface area contributed by atoms with Crippen molar-refractivity contribution in [3.8, 4) is 23.2 Å². The maximum atomic E-state index is 11.6. The van der Waals surface area contributed by atoms with Crippen LogP contribution in [0.1, 0.15) is 29.3 Å². The first-order valence-electron chi connectivity index (χ1n) is 10.3. The fourth-order valence-corrected chi connectivity index (χ4v) is 5.34.